The van der Waals surface area contributed by atoms with Gasteiger partial charge in [0, 0.05) is 25.8 Å². The summed E-state index contributed by atoms with van der Waals surface area (Å²) in [7, 11) is 0. The summed E-state index contributed by atoms with van der Waals surface area (Å²) < 4.78 is 0. The molecule has 0 aliphatic carbocycles. The zero-order valence-electron chi connectivity index (χ0n) is 15.4. The van der Waals surface area contributed by atoms with Crippen LogP contribution in [0.5, 0.6) is 0 Å². The summed E-state index contributed by atoms with van der Waals surface area (Å²) in [4.78, 5) is 2.49. The molecule has 0 aromatic heterocycles. The standard InChI is InChI=1S/C24H25N3/c1-3-7-20(8-4-1)16-27(17-21-9-5-2-6-10-21)18-22-11-13-23(14-12-22)24-15-25-19-26-24/h1-15,25-26H,16-19H2. The van der Waals surface area contributed by atoms with Gasteiger partial charge < -0.3 is 10.6 Å². The van der Waals surface area contributed by atoms with E-state index in [0.29, 0.717) is 0 Å². The molecule has 0 spiro atoms. The summed E-state index contributed by atoms with van der Waals surface area (Å²) in [6.45, 7) is 3.61. The van der Waals surface area contributed by atoms with Crippen LogP contribution in [0, 0.1) is 0 Å². The van der Waals surface area contributed by atoms with E-state index in [-0.39, 0.29) is 0 Å². The average molecular weight is 355 g/mol. The van der Waals surface area contributed by atoms with Gasteiger partial charge in [-0.2, -0.15) is 0 Å². The van der Waals surface area contributed by atoms with Crippen molar-refractivity contribution in [3.63, 3.8) is 0 Å². The molecule has 1 aliphatic rings. The molecule has 27 heavy (non-hydrogen) atoms. The van der Waals surface area contributed by atoms with E-state index in [1.165, 1.54) is 22.3 Å². The Morgan fingerprint density at radius 1 is 0.630 bits per heavy atom. The van der Waals surface area contributed by atoms with Gasteiger partial charge in [-0.1, -0.05) is 84.9 Å². The van der Waals surface area contributed by atoms with Gasteiger partial charge in [-0.25, -0.2) is 0 Å². The van der Waals surface area contributed by atoms with Crippen LogP contribution >= 0.6 is 0 Å². The second-order valence-corrected chi connectivity index (χ2v) is 6.93. The van der Waals surface area contributed by atoms with Crippen molar-refractivity contribution < 1.29 is 0 Å². The van der Waals surface area contributed by atoms with E-state index in [1.807, 2.05) is 6.20 Å². The van der Waals surface area contributed by atoms with Crippen molar-refractivity contribution >= 4 is 5.70 Å². The number of hydrogen-bond acceptors (Lipinski definition) is 3. The third-order valence-corrected chi connectivity index (χ3v) is 4.80. The van der Waals surface area contributed by atoms with Crippen LogP contribution in [-0.4, -0.2) is 11.6 Å². The van der Waals surface area contributed by atoms with Crippen LogP contribution in [-0.2, 0) is 19.6 Å². The first-order valence-electron chi connectivity index (χ1n) is 9.44. The molecule has 1 aliphatic heterocycles. The van der Waals surface area contributed by atoms with Crippen LogP contribution in [0.1, 0.15) is 22.3 Å². The number of nitrogens with zero attached hydrogens (tertiary/aromatic N) is 1. The smallest absolute Gasteiger partial charge is 0.0846 e. The fourth-order valence-electron chi connectivity index (χ4n) is 3.43. The van der Waals surface area contributed by atoms with E-state index >= 15 is 0 Å². The highest BCUT2D eigenvalue weighted by Gasteiger charge is 2.10. The number of nitrogens with one attached hydrogen (secondary N) is 2. The normalized spacial score (nSPS) is 13.1. The summed E-state index contributed by atoms with van der Waals surface area (Å²) in [5.74, 6) is 0. The second-order valence-electron chi connectivity index (χ2n) is 6.93. The maximum atomic E-state index is 3.34. The van der Waals surface area contributed by atoms with Crippen LogP contribution < -0.4 is 10.6 Å². The monoisotopic (exact) mass is 355 g/mol. The molecule has 3 aromatic rings. The first-order chi connectivity index (χ1) is 13.4. The Bertz CT molecular complexity index is 829. The molecule has 0 bridgehead atoms. The van der Waals surface area contributed by atoms with E-state index in [4.69, 9.17) is 0 Å². The maximum absolute atomic E-state index is 3.34. The van der Waals surface area contributed by atoms with Crippen LogP contribution in [0.2, 0.25) is 0 Å². The molecule has 3 nitrogen and oxygen atoms in total. The molecular weight excluding hydrogens is 330 g/mol. The third kappa shape index (κ3) is 4.78. The van der Waals surface area contributed by atoms with Crippen LogP contribution in [0.4, 0.5) is 0 Å². The van der Waals surface area contributed by atoms with E-state index in [0.717, 1.165) is 32.0 Å². The van der Waals surface area contributed by atoms with Crippen molar-refractivity contribution in [3.8, 4) is 0 Å². The number of benzene rings is 3. The second kappa shape index (κ2) is 8.56. The van der Waals surface area contributed by atoms with Gasteiger partial charge in [0.1, 0.15) is 0 Å². The molecule has 4 rings (SSSR count). The zero-order valence-corrected chi connectivity index (χ0v) is 15.4. The lowest BCUT2D eigenvalue weighted by Gasteiger charge is -2.23. The van der Waals surface area contributed by atoms with Gasteiger partial charge in [0.15, 0.2) is 0 Å². The summed E-state index contributed by atoms with van der Waals surface area (Å²) >= 11 is 0. The van der Waals surface area contributed by atoms with E-state index in [1.54, 1.807) is 0 Å². The first-order valence-corrected chi connectivity index (χ1v) is 9.44. The predicted molar refractivity (Wildman–Crippen MR) is 111 cm³/mol. The van der Waals surface area contributed by atoms with Crippen LogP contribution in [0.15, 0.2) is 91.1 Å². The fraction of sp³-hybridized carbons (Fsp3) is 0.167. The lowest BCUT2D eigenvalue weighted by atomic mass is 10.1. The Hall–Kier alpha value is -3.04. The maximum Gasteiger partial charge on any atom is 0.0846 e. The molecule has 0 radical (unpaired) electrons. The van der Waals surface area contributed by atoms with Gasteiger partial charge in [-0.3, -0.25) is 4.90 Å². The topological polar surface area (TPSA) is 27.3 Å². The van der Waals surface area contributed by atoms with Gasteiger partial charge in [-0.05, 0) is 22.3 Å². The van der Waals surface area contributed by atoms with Gasteiger partial charge in [0.25, 0.3) is 0 Å². The molecule has 2 N–H and O–H groups in total. The van der Waals surface area contributed by atoms with E-state index in [9.17, 15) is 0 Å². The van der Waals surface area contributed by atoms with E-state index in [2.05, 4.69) is 100 Å². The zero-order chi connectivity index (χ0) is 18.3. The SMILES string of the molecule is C1=C(c2ccc(CN(Cc3ccccc3)Cc3ccccc3)cc2)NCN1. The highest BCUT2D eigenvalue weighted by molar-refractivity contribution is 5.65. The van der Waals surface area contributed by atoms with Crippen molar-refractivity contribution in [1.82, 2.24) is 15.5 Å². The Labute approximate surface area is 161 Å². The molecule has 0 fully saturated rings. The molecule has 0 saturated carbocycles. The summed E-state index contributed by atoms with van der Waals surface area (Å²) in [6, 6.07) is 30.3. The summed E-state index contributed by atoms with van der Waals surface area (Å²) in [5, 5.41) is 6.53. The minimum atomic E-state index is 0.805. The molecule has 0 saturated heterocycles. The van der Waals surface area contributed by atoms with Crippen LogP contribution in [0.25, 0.3) is 5.70 Å². The summed E-state index contributed by atoms with van der Waals surface area (Å²) in [5.41, 5.74) is 6.40. The largest absolute Gasteiger partial charge is 0.372 e. The molecule has 1 heterocycles. The highest BCUT2D eigenvalue weighted by Crippen LogP contribution is 2.17. The Kier molecular flexibility index (Phi) is 5.51. The molecule has 3 aromatic carbocycles. The van der Waals surface area contributed by atoms with Crippen molar-refractivity contribution in [2.45, 2.75) is 19.6 Å². The third-order valence-electron chi connectivity index (χ3n) is 4.80. The number of hydrogen-bond donors (Lipinski definition) is 2. The molecular formula is C24H25N3. The van der Waals surface area contributed by atoms with Gasteiger partial charge in [-0.15, -0.1) is 0 Å². The Morgan fingerprint density at radius 3 is 1.63 bits per heavy atom. The van der Waals surface area contributed by atoms with Gasteiger partial charge >= 0.3 is 0 Å². The average Bonchev–Trinajstić information content (AvgIpc) is 3.25. The van der Waals surface area contributed by atoms with Crippen LogP contribution in [0.3, 0.4) is 0 Å². The molecule has 0 atom stereocenters. The van der Waals surface area contributed by atoms with Crippen molar-refractivity contribution in [1.29, 1.82) is 0 Å². The minimum Gasteiger partial charge on any atom is -0.372 e. The lowest BCUT2D eigenvalue weighted by molar-refractivity contribution is 0.247. The van der Waals surface area contributed by atoms with Crippen molar-refractivity contribution in [3.05, 3.63) is 113 Å². The van der Waals surface area contributed by atoms with E-state index < -0.39 is 0 Å². The quantitative estimate of drug-likeness (QED) is 0.660. The fourth-order valence-corrected chi connectivity index (χ4v) is 3.43. The Morgan fingerprint density at radius 2 is 1.15 bits per heavy atom. The molecule has 3 heteroatoms. The van der Waals surface area contributed by atoms with Gasteiger partial charge in [0.05, 0.1) is 12.4 Å². The molecule has 0 amide bonds. The Balaban J connectivity index is 1.49. The minimum absolute atomic E-state index is 0.805. The molecule has 0 unspecified atom stereocenters. The van der Waals surface area contributed by atoms with Crippen molar-refractivity contribution in [2.75, 3.05) is 6.67 Å². The predicted octanol–water partition coefficient (Wildman–Crippen LogP) is 4.34. The highest BCUT2D eigenvalue weighted by atomic mass is 15.1. The lowest BCUT2D eigenvalue weighted by Crippen LogP contribution is -2.22. The summed E-state index contributed by atoms with van der Waals surface area (Å²) in [6.07, 6.45) is 2.03. The number of rotatable bonds is 7. The van der Waals surface area contributed by atoms with Gasteiger partial charge in [0.2, 0.25) is 0 Å². The first kappa shape index (κ1) is 17.4. The molecule has 136 valence electrons. The van der Waals surface area contributed by atoms with Crippen molar-refractivity contribution in [2.24, 2.45) is 0 Å².